The molecule has 0 aliphatic carbocycles. The van der Waals surface area contributed by atoms with Gasteiger partial charge in [0.2, 0.25) is 10.0 Å². The molecular formula is C14H20N2O4S. The number of carboxylic acid groups (broad SMARTS) is 1. The summed E-state index contributed by atoms with van der Waals surface area (Å²) in [5.74, 6) is -0.754. The minimum Gasteiger partial charge on any atom is -0.480 e. The van der Waals surface area contributed by atoms with Crippen LogP contribution < -0.4 is 5.32 Å². The lowest BCUT2D eigenvalue weighted by Gasteiger charge is -2.32. The van der Waals surface area contributed by atoms with Crippen molar-refractivity contribution in [3.8, 4) is 0 Å². The van der Waals surface area contributed by atoms with Crippen molar-refractivity contribution in [2.75, 3.05) is 26.2 Å². The Labute approximate surface area is 124 Å². The number of piperidine rings is 1. The summed E-state index contributed by atoms with van der Waals surface area (Å²) >= 11 is 0. The maximum Gasteiger partial charge on any atom is 0.317 e. The van der Waals surface area contributed by atoms with E-state index in [2.05, 4.69) is 5.32 Å². The largest absolute Gasteiger partial charge is 0.480 e. The summed E-state index contributed by atoms with van der Waals surface area (Å²) in [6.45, 7) is 1.38. The van der Waals surface area contributed by atoms with E-state index in [1.165, 1.54) is 4.31 Å². The third kappa shape index (κ3) is 4.26. The Morgan fingerprint density at radius 3 is 2.71 bits per heavy atom. The van der Waals surface area contributed by atoms with Gasteiger partial charge in [0.05, 0.1) is 11.4 Å². The number of carbonyl (C=O) groups is 1. The standard InChI is InChI=1S/C14H20N2O4S/c17-14(18)10-15-9-12-5-4-8-16(11-12)21(19,20)13-6-2-1-3-7-13/h1-3,6-7,12,15H,4-5,8-11H2,(H,17,18). The second kappa shape index (κ2) is 7.02. The summed E-state index contributed by atoms with van der Waals surface area (Å²) in [5.41, 5.74) is 0. The Balaban J connectivity index is 1.99. The molecule has 1 atom stereocenters. The Hall–Kier alpha value is -1.44. The van der Waals surface area contributed by atoms with E-state index in [9.17, 15) is 13.2 Å². The molecule has 21 heavy (non-hydrogen) atoms. The number of nitrogens with one attached hydrogen (secondary N) is 1. The second-order valence-corrected chi connectivity index (χ2v) is 7.15. The molecule has 1 aliphatic heterocycles. The molecule has 2 rings (SSSR count). The van der Waals surface area contributed by atoms with Gasteiger partial charge in [-0.2, -0.15) is 4.31 Å². The quantitative estimate of drug-likeness (QED) is 0.810. The van der Waals surface area contributed by atoms with Crippen LogP contribution in [0, 0.1) is 5.92 Å². The number of sulfonamides is 1. The number of hydrogen-bond donors (Lipinski definition) is 2. The smallest absolute Gasteiger partial charge is 0.317 e. The van der Waals surface area contributed by atoms with Gasteiger partial charge in [0.25, 0.3) is 0 Å². The Morgan fingerprint density at radius 1 is 1.33 bits per heavy atom. The fraction of sp³-hybridized carbons (Fsp3) is 0.500. The van der Waals surface area contributed by atoms with Gasteiger partial charge in [0.15, 0.2) is 0 Å². The van der Waals surface area contributed by atoms with Crippen molar-refractivity contribution in [2.24, 2.45) is 5.92 Å². The molecule has 0 spiro atoms. The molecule has 7 heteroatoms. The van der Waals surface area contributed by atoms with Gasteiger partial charge in [0.1, 0.15) is 0 Å². The zero-order valence-electron chi connectivity index (χ0n) is 11.7. The normalized spacial score (nSPS) is 20.3. The first-order valence-corrected chi connectivity index (χ1v) is 8.42. The van der Waals surface area contributed by atoms with E-state index >= 15 is 0 Å². The highest BCUT2D eigenvalue weighted by Crippen LogP contribution is 2.23. The first-order chi connectivity index (χ1) is 10.00. The molecule has 1 aromatic carbocycles. The highest BCUT2D eigenvalue weighted by atomic mass is 32.2. The average molecular weight is 312 g/mol. The Morgan fingerprint density at radius 2 is 2.05 bits per heavy atom. The van der Waals surface area contributed by atoms with Gasteiger partial charge in [-0.3, -0.25) is 4.79 Å². The third-order valence-corrected chi connectivity index (χ3v) is 5.45. The fourth-order valence-corrected chi connectivity index (χ4v) is 4.11. The first-order valence-electron chi connectivity index (χ1n) is 6.98. The van der Waals surface area contributed by atoms with Crippen molar-refractivity contribution in [2.45, 2.75) is 17.7 Å². The molecule has 1 aromatic rings. The minimum atomic E-state index is -3.45. The molecule has 1 unspecified atom stereocenters. The topological polar surface area (TPSA) is 86.7 Å². The van der Waals surface area contributed by atoms with Crippen molar-refractivity contribution >= 4 is 16.0 Å². The van der Waals surface area contributed by atoms with Crippen LogP contribution in [-0.4, -0.2) is 50.0 Å². The van der Waals surface area contributed by atoms with E-state index in [1.54, 1.807) is 30.3 Å². The van der Waals surface area contributed by atoms with Crippen LogP contribution in [0.15, 0.2) is 35.2 Å². The molecule has 2 N–H and O–H groups in total. The van der Waals surface area contributed by atoms with Crippen LogP contribution in [0.5, 0.6) is 0 Å². The summed E-state index contributed by atoms with van der Waals surface area (Å²) in [6.07, 6.45) is 1.71. The molecule has 6 nitrogen and oxygen atoms in total. The summed E-state index contributed by atoms with van der Waals surface area (Å²) < 4.78 is 26.6. The lowest BCUT2D eigenvalue weighted by atomic mass is 10.00. The summed E-state index contributed by atoms with van der Waals surface area (Å²) in [4.78, 5) is 10.8. The lowest BCUT2D eigenvalue weighted by Crippen LogP contribution is -2.43. The first kappa shape index (κ1) is 15.9. The molecular weight excluding hydrogens is 292 g/mol. The predicted molar refractivity (Wildman–Crippen MR) is 78.4 cm³/mol. The van der Waals surface area contributed by atoms with Crippen LogP contribution in [-0.2, 0) is 14.8 Å². The molecule has 0 bridgehead atoms. The van der Waals surface area contributed by atoms with Gasteiger partial charge in [-0.15, -0.1) is 0 Å². The van der Waals surface area contributed by atoms with Crippen molar-refractivity contribution in [3.05, 3.63) is 30.3 Å². The van der Waals surface area contributed by atoms with E-state index in [0.29, 0.717) is 24.5 Å². The Bertz CT molecular complexity index is 574. The number of nitrogens with zero attached hydrogens (tertiary/aromatic N) is 1. The number of hydrogen-bond acceptors (Lipinski definition) is 4. The molecule has 1 saturated heterocycles. The SMILES string of the molecule is O=C(O)CNCC1CCCN(S(=O)(=O)c2ccccc2)C1. The molecule has 1 fully saturated rings. The molecule has 0 radical (unpaired) electrons. The Kier molecular flexibility index (Phi) is 5.33. The third-order valence-electron chi connectivity index (χ3n) is 3.57. The van der Waals surface area contributed by atoms with Crippen molar-refractivity contribution < 1.29 is 18.3 Å². The highest BCUT2D eigenvalue weighted by Gasteiger charge is 2.29. The monoisotopic (exact) mass is 312 g/mol. The van der Waals surface area contributed by atoms with Crippen LogP contribution in [0.25, 0.3) is 0 Å². The molecule has 1 heterocycles. The van der Waals surface area contributed by atoms with Gasteiger partial charge in [-0.05, 0) is 37.4 Å². The van der Waals surface area contributed by atoms with Crippen molar-refractivity contribution in [3.63, 3.8) is 0 Å². The van der Waals surface area contributed by atoms with E-state index in [0.717, 1.165) is 12.8 Å². The van der Waals surface area contributed by atoms with E-state index in [4.69, 9.17) is 5.11 Å². The van der Waals surface area contributed by atoms with E-state index in [1.807, 2.05) is 0 Å². The van der Waals surface area contributed by atoms with Crippen LogP contribution in [0.1, 0.15) is 12.8 Å². The van der Waals surface area contributed by atoms with Crippen LogP contribution in [0.2, 0.25) is 0 Å². The zero-order valence-corrected chi connectivity index (χ0v) is 12.6. The summed E-state index contributed by atoms with van der Waals surface area (Å²) in [7, 11) is -3.45. The second-order valence-electron chi connectivity index (χ2n) is 5.21. The van der Waals surface area contributed by atoms with Crippen molar-refractivity contribution in [1.29, 1.82) is 0 Å². The van der Waals surface area contributed by atoms with Gasteiger partial charge in [-0.25, -0.2) is 8.42 Å². The summed E-state index contributed by atoms with van der Waals surface area (Å²) in [6, 6.07) is 8.41. The lowest BCUT2D eigenvalue weighted by molar-refractivity contribution is -0.136. The maximum atomic E-state index is 12.5. The van der Waals surface area contributed by atoms with Crippen molar-refractivity contribution in [1.82, 2.24) is 9.62 Å². The molecule has 116 valence electrons. The van der Waals surface area contributed by atoms with Gasteiger partial charge in [-0.1, -0.05) is 18.2 Å². The van der Waals surface area contributed by atoms with E-state index < -0.39 is 16.0 Å². The van der Waals surface area contributed by atoms with Gasteiger partial charge in [0, 0.05) is 13.1 Å². The minimum absolute atomic E-state index is 0.0953. The zero-order chi connectivity index (χ0) is 15.3. The molecule has 0 saturated carbocycles. The van der Waals surface area contributed by atoms with Gasteiger partial charge < -0.3 is 10.4 Å². The number of carboxylic acids is 1. The van der Waals surface area contributed by atoms with E-state index in [-0.39, 0.29) is 12.5 Å². The number of benzene rings is 1. The number of aliphatic carboxylic acids is 1. The average Bonchev–Trinajstić information content (AvgIpc) is 2.48. The van der Waals surface area contributed by atoms with Crippen LogP contribution in [0.3, 0.4) is 0 Å². The maximum absolute atomic E-state index is 12.5. The molecule has 0 aromatic heterocycles. The highest BCUT2D eigenvalue weighted by molar-refractivity contribution is 7.89. The summed E-state index contributed by atoms with van der Waals surface area (Å²) in [5, 5.41) is 11.4. The predicted octanol–water partition coefficient (Wildman–Crippen LogP) is 0.761. The fourth-order valence-electron chi connectivity index (χ4n) is 2.54. The van der Waals surface area contributed by atoms with Crippen LogP contribution >= 0.6 is 0 Å². The molecule has 1 aliphatic rings. The van der Waals surface area contributed by atoms with Crippen LogP contribution in [0.4, 0.5) is 0 Å². The number of rotatable bonds is 6. The van der Waals surface area contributed by atoms with Gasteiger partial charge >= 0.3 is 5.97 Å². The molecule has 0 amide bonds.